The fourth-order valence-corrected chi connectivity index (χ4v) is 2.06. The molecule has 1 aromatic rings. The fraction of sp³-hybridized carbons (Fsp3) is 0.333. The molecule has 0 saturated heterocycles. The van der Waals surface area contributed by atoms with Gasteiger partial charge in [-0.3, -0.25) is 5.26 Å². The first-order valence-electron chi connectivity index (χ1n) is 5.16. The topological polar surface area (TPSA) is 49.7 Å². The lowest BCUT2D eigenvalue weighted by atomic mass is 9.89. The van der Waals surface area contributed by atoms with Gasteiger partial charge >= 0.3 is 0 Å². The third kappa shape index (κ3) is 2.28. The van der Waals surface area contributed by atoms with Crippen LogP contribution in [0.1, 0.15) is 18.4 Å². The van der Waals surface area contributed by atoms with Crippen LogP contribution in [0.3, 0.4) is 0 Å². The van der Waals surface area contributed by atoms with Crippen molar-refractivity contribution in [2.75, 3.05) is 0 Å². The molecule has 0 aliphatic heterocycles. The third-order valence-electron chi connectivity index (χ3n) is 2.77. The van der Waals surface area contributed by atoms with Gasteiger partial charge in [0.2, 0.25) is 0 Å². The van der Waals surface area contributed by atoms with Crippen molar-refractivity contribution in [2.24, 2.45) is 0 Å². The van der Waals surface area contributed by atoms with E-state index in [9.17, 15) is 5.11 Å². The maximum absolute atomic E-state index is 9.70. The minimum Gasteiger partial charge on any atom is -0.390 e. The Morgan fingerprint density at radius 1 is 1.25 bits per heavy atom. The molecule has 0 radical (unpaired) electrons. The Labute approximate surface area is 98.9 Å². The average Bonchev–Trinajstić information content (AvgIpc) is 2.30. The first kappa shape index (κ1) is 11.6. The van der Waals surface area contributed by atoms with E-state index in [0.717, 1.165) is 17.6 Å². The molecule has 2 rings (SSSR count). The predicted molar refractivity (Wildman–Crippen MR) is 62.2 cm³/mol. The maximum Gasteiger partial charge on any atom is 0.144 e. The molecule has 3 nitrogen and oxygen atoms in total. The van der Waals surface area contributed by atoms with E-state index in [-0.39, 0.29) is 0 Å². The molecule has 1 aromatic carbocycles. The normalized spacial score (nSPS) is 25.3. The number of halogens is 1. The second-order valence-corrected chi connectivity index (χ2v) is 4.27. The quantitative estimate of drug-likeness (QED) is 0.617. The summed E-state index contributed by atoms with van der Waals surface area (Å²) in [6, 6.07) is 7.23. The number of aliphatic hydroxyl groups is 1. The van der Waals surface area contributed by atoms with Crippen LogP contribution in [0.15, 0.2) is 30.3 Å². The molecule has 16 heavy (non-hydrogen) atoms. The van der Waals surface area contributed by atoms with Crippen molar-refractivity contribution in [2.45, 2.75) is 25.0 Å². The van der Waals surface area contributed by atoms with Gasteiger partial charge in [-0.1, -0.05) is 29.8 Å². The van der Waals surface area contributed by atoms with Crippen LogP contribution in [0.4, 0.5) is 0 Å². The second kappa shape index (κ2) is 4.97. The summed E-state index contributed by atoms with van der Waals surface area (Å²) < 4.78 is 0. The Bertz CT molecular complexity index is 386. The molecule has 1 aliphatic rings. The second-order valence-electron chi connectivity index (χ2n) is 3.84. The maximum atomic E-state index is 9.70. The Hall–Kier alpha value is -0.870. The molecule has 0 bridgehead atoms. The summed E-state index contributed by atoms with van der Waals surface area (Å²) >= 11 is 5.80. The Morgan fingerprint density at radius 3 is 2.56 bits per heavy atom. The van der Waals surface area contributed by atoms with Crippen LogP contribution < -0.4 is 0 Å². The fourth-order valence-electron chi connectivity index (χ4n) is 1.94. The molecule has 0 saturated carbocycles. The van der Waals surface area contributed by atoms with Crippen molar-refractivity contribution < 1.29 is 15.3 Å². The summed E-state index contributed by atoms with van der Waals surface area (Å²) in [6.45, 7) is 0. The molecule has 0 amide bonds. The van der Waals surface area contributed by atoms with Gasteiger partial charge in [0, 0.05) is 5.02 Å². The van der Waals surface area contributed by atoms with Gasteiger partial charge in [0.15, 0.2) is 0 Å². The lowest BCUT2D eigenvalue weighted by molar-refractivity contribution is -0.280. The van der Waals surface area contributed by atoms with Crippen LogP contribution in [-0.4, -0.2) is 22.6 Å². The van der Waals surface area contributed by atoms with Crippen LogP contribution in [0, 0.1) is 0 Å². The highest BCUT2D eigenvalue weighted by Crippen LogP contribution is 2.30. The van der Waals surface area contributed by atoms with Gasteiger partial charge in [0.25, 0.3) is 0 Å². The number of hydrogen-bond acceptors (Lipinski definition) is 3. The van der Waals surface area contributed by atoms with Crippen LogP contribution in [0.5, 0.6) is 0 Å². The highest BCUT2D eigenvalue weighted by atomic mass is 35.5. The van der Waals surface area contributed by atoms with Crippen LogP contribution in [-0.2, 0) is 4.89 Å². The Balaban J connectivity index is 2.31. The molecule has 2 N–H and O–H groups in total. The van der Waals surface area contributed by atoms with Crippen molar-refractivity contribution in [3.63, 3.8) is 0 Å². The first-order valence-corrected chi connectivity index (χ1v) is 5.54. The lowest BCUT2D eigenvalue weighted by Gasteiger charge is -2.26. The van der Waals surface area contributed by atoms with Crippen molar-refractivity contribution in [3.8, 4) is 0 Å². The van der Waals surface area contributed by atoms with Crippen LogP contribution in [0.2, 0.25) is 5.02 Å². The van der Waals surface area contributed by atoms with E-state index in [4.69, 9.17) is 16.9 Å². The van der Waals surface area contributed by atoms with E-state index in [1.165, 1.54) is 0 Å². The van der Waals surface area contributed by atoms with Gasteiger partial charge in [0.05, 0.1) is 6.10 Å². The molecule has 0 spiro atoms. The highest BCUT2D eigenvalue weighted by molar-refractivity contribution is 6.30. The van der Waals surface area contributed by atoms with Gasteiger partial charge < -0.3 is 5.11 Å². The van der Waals surface area contributed by atoms with E-state index >= 15 is 0 Å². The van der Waals surface area contributed by atoms with Gasteiger partial charge in [-0.05, 0) is 36.1 Å². The van der Waals surface area contributed by atoms with E-state index in [0.29, 0.717) is 11.4 Å². The number of aliphatic hydroxyl groups excluding tert-OH is 1. The van der Waals surface area contributed by atoms with E-state index < -0.39 is 12.2 Å². The minimum atomic E-state index is -0.671. The molecule has 0 aromatic heterocycles. The summed E-state index contributed by atoms with van der Waals surface area (Å²) in [5.41, 5.74) is 1.71. The van der Waals surface area contributed by atoms with Crippen molar-refractivity contribution in [1.29, 1.82) is 0 Å². The number of benzene rings is 1. The monoisotopic (exact) mass is 240 g/mol. The zero-order valence-corrected chi connectivity index (χ0v) is 9.39. The van der Waals surface area contributed by atoms with Gasteiger partial charge in [-0.2, -0.15) is 0 Å². The predicted octanol–water partition coefficient (Wildman–Crippen LogP) is 2.74. The number of allylic oxidation sites excluding steroid dienone is 1. The zero-order valence-electron chi connectivity index (χ0n) is 8.64. The summed E-state index contributed by atoms with van der Waals surface area (Å²) in [7, 11) is 0. The number of hydrogen-bond donors (Lipinski definition) is 2. The van der Waals surface area contributed by atoms with Crippen molar-refractivity contribution >= 4 is 17.2 Å². The molecule has 0 unspecified atom stereocenters. The summed E-state index contributed by atoms with van der Waals surface area (Å²) in [4.78, 5) is 4.35. The van der Waals surface area contributed by atoms with E-state index in [1.807, 2.05) is 18.2 Å². The molecular formula is C12H13ClO3. The number of rotatable bonds is 2. The standard InChI is InChI=1S/C12H13ClO3/c13-9-6-4-8(5-7-9)10-2-1-3-11(14)12(10)16-15/h2,4-7,11-12,14-15H,1,3H2/t11-,12-/m0/s1. The summed E-state index contributed by atoms with van der Waals surface area (Å²) in [6.07, 6.45) is 2.01. The Kier molecular flexibility index (Phi) is 3.61. The smallest absolute Gasteiger partial charge is 0.144 e. The van der Waals surface area contributed by atoms with Crippen molar-refractivity contribution in [1.82, 2.24) is 0 Å². The van der Waals surface area contributed by atoms with Crippen LogP contribution >= 0.6 is 11.6 Å². The van der Waals surface area contributed by atoms with E-state index in [1.54, 1.807) is 12.1 Å². The molecule has 2 atom stereocenters. The summed E-state index contributed by atoms with van der Waals surface area (Å²) in [5, 5.41) is 19.2. The summed E-state index contributed by atoms with van der Waals surface area (Å²) in [5.74, 6) is 0. The first-order chi connectivity index (χ1) is 7.72. The van der Waals surface area contributed by atoms with Gasteiger partial charge in [-0.15, -0.1) is 0 Å². The molecular weight excluding hydrogens is 228 g/mol. The molecule has 1 aliphatic carbocycles. The molecule has 0 heterocycles. The van der Waals surface area contributed by atoms with Gasteiger partial charge in [0.1, 0.15) is 6.10 Å². The third-order valence-corrected chi connectivity index (χ3v) is 3.03. The van der Waals surface area contributed by atoms with Crippen LogP contribution in [0.25, 0.3) is 5.57 Å². The van der Waals surface area contributed by atoms with Gasteiger partial charge in [-0.25, -0.2) is 4.89 Å². The Morgan fingerprint density at radius 2 is 1.94 bits per heavy atom. The lowest BCUT2D eigenvalue weighted by Crippen LogP contribution is -2.31. The molecule has 86 valence electrons. The zero-order chi connectivity index (χ0) is 11.5. The SMILES string of the molecule is OO[C@H]1C(c2ccc(Cl)cc2)=CCC[C@@H]1O. The minimum absolute atomic E-state index is 0.600. The molecule has 0 fully saturated rings. The van der Waals surface area contributed by atoms with Crippen molar-refractivity contribution in [3.05, 3.63) is 40.9 Å². The molecule has 4 heteroatoms. The largest absolute Gasteiger partial charge is 0.390 e. The van der Waals surface area contributed by atoms with E-state index in [2.05, 4.69) is 4.89 Å². The average molecular weight is 241 g/mol. The highest BCUT2D eigenvalue weighted by Gasteiger charge is 2.28.